The fourth-order valence-corrected chi connectivity index (χ4v) is 0.549. The van der Waals surface area contributed by atoms with Gasteiger partial charge in [-0.2, -0.15) is 0 Å². The first kappa shape index (κ1) is 8.42. The molecule has 0 aliphatic rings. The van der Waals surface area contributed by atoms with E-state index in [0.717, 1.165) is 13.2 Å². The molecule has 0 aromatic carbocycles. The van der Waals surface area contributed by atoms with E-state index in [0.29, 0.717) is 0 Å². The third-order valence-electron chi connectivity index (χ3n) is 0.990. The molecule has 0 radical (unpaired) electrons. The Labute approximate surface area is 53.4 Å². The summed E-state index contributed by atoms with van der Waals surface area (Å²) in [6.45, 7) is 1.14. The summed E-state index contributed by atoms with van der Waals surface area (Å²) in [6.07, 6.45) is 0.895. The van der Waals surface area contributed by atoms with E-state index >= 15 is 0 Å². The molecular weight excluding hydrogens is 144 g/mol. The molecule has 54 valence electrons. The second-order valence-electron chi connectivity index (χ2n) is 1.81. The van der Waals surface area contributed by atoms with E-state index < -0.39 is 21.1 Å². The Morgan fingerprint density at radius 2 is 1.89 bits per heavy atom. The van der Waals surface area contributed by atoms with Gasteiger partial charge in [0.2, 0.25) is 0 Å². The molecule has 0 rings (SSSR count). The smallest absolute Gasteiger partial charge is 0.321 e. The van der Waals surface area contributed by atoms with Crippen LogP contribution in [0.1, 0.15) is 6.92 Å². The summed E-state index contributed by atoms with van der Waals surface area (Å²) in [5.41, 5.74) is 0. The molecule has 0 aromatic rings. The molecule has 0 spiro atoms. The fourth-order valence-electron chi connectivity index (χ4n) is 0.183. The molecule has 0 amide bonds. The minimum absolute atomic E-state index is 0.895. The van der Waals surface area contributed by atoms with Gasteiger partial charge in [0.05, 0.1) is 0 Å². The van der Waals surface area contributed by atoms with Crippen LogP contribution in [0.3, 0.4) is 0 Å². The van der Waals surface area contributed by atoms with Crippen LogP contribution in [0.2, 0.25) is 0 Å². The molecule has 0 saturated heterocycles. The van der Waals surface area contributed by atoms with Crippen LogP contribution in [0.4, 0.5) is 0 Å². The third-order valence-corrected chi connectivity index (χ3v) is 2.48. The summed E-state index contributed by atoms with van der Waals surface area (Å²) in [5, 5.41) is 6.84. The van der Waals surface area contributed by atoms with Crippen LogP contribution in [-0.2, 0) is 14.6 Å². The molecule has 0 aliphatic carbocycles. The lowest BCUT2D eigenvalue weighted by Gasteiger charge is -1.99. The fraction of sp³-hybridized carbons (Fsp3) is 0.750. The maximum atomic E-state index is 10.4. The third kappa shape index (κ3) is 2.46. The Balaban J connectivity index is 4.43. The summed E-state index contributed by atoms with van der Waals surface area (Å²) >= 11 is 0. The van der Waals surface area contributed by atoms with Crippen molar-refractivity contribution >= 4 is 15.8 Å². The average Bonchev–Trinajstić information content (AvgIpc) is 1.62. The summed E-state index contributed by atoms with van der Waals surface area (Å²) in [4.78, 5) is 9.97. The van der Waals surface area contributed by atoms with Crippen LogP contribution in [-0.4, -0.2) is 31.0 Å². The normalized spacial score (nSPS) is 14.9. The molecule has 0 fully saturated rings. The minimum Gasteiger partial charge on any atom is -0.480 e. The number of hydrogen-bond donors (Lipinski definition) is 1. The highest BCUT2D eigenvalue weighted by atomic mass is 32.2. The van der Waals surface area contributed by atoms with Gasteiger partial charge in [-0.05, 0) is 6.92 Å². The van der Waals surface area contributed by atoms with Gasteiger partial charge in [0.1, 0.15) is 0 Å². The van der Waals surface area contributed by atoms with Crippen molar-refractivity contribution in [1.29, 1.82) is 0 Å². The van der Waals surface area contributed by atoms with Gasteiger partial charge in [0.25, 0.3) is 0 Å². The predicted octanol–water partition coefficient (Wildman–Crippen LogP) is -0.496. The number of hydrogen-bond acceptors (Lipinski definition) is 3. The zero-order valence-corrected chi connectivity index (χ0v) is 5.97. The minimum atomic E-state index is -3.40. The first-order valence-corrected chi connectivity index (χ1v) is 4.23. The predicted molar refractivity (Wildman–Crippen MR) is 31.9 cm³/mol. The van der Waals surface area contributed by atoms with Crippen LogP contribution in [0.25, 0.3) is 0 Å². The van der Waals surface area contributed by atoms with Gasteiger partial charge in [0, 0.05) is 6.26 Å². The molecule has 4 nitrogen and oxygen atoms in total. The van der Waals surface area contributed by atoms with Crippen molar-refractivity contribution in [2.24, 2.45) is 0 Å². The van der Waals surface area contributed by atoms with Crippen molar-refractivity contribution in [1.82, 2.24) is 0 Å². The average molecular weight is 152 g/mol. The van der Waals surface area contributed by atoms with Gasteiger partial charge in [-0.25, -0.2) is 8.42 Å². The summed E-state index contributed by atoms with van der Waals surface area (Å²) < 4.78 is 20.8. The molecule has 1 N–H and O–H groups in total. The van der Waals surface area contributed by atoms with Crippen LogP contribution in [0.15, 0.2) is 0 Å². The van der Waals surface area contributed by atoms with Gasteiger partial charge in [-0.3, -0.25) is 4.79 Å². The standard InChI is InChI=1S/C4H8O4S/c1-3(4(5)6)9(2,7)8/h3H,1-2H3,(H,5,6)/t3-/m0/s1. The van der Waals surface area contributed by atoms with Gasteiger partial charge in [0.15, 0.2) is 15.1 Å². The quantitative estimate of drug-likeness (QED) is 0.579. The molecule has 1 atom stereocenters. The van der Waals surface area contributed by atoms with E-state index in [4.69, 9.17) is 5.11 Å². The van der Waals surface area contributed by atoms with Crippen LogP contribution in [0.5, 0.6) is 0 Å². The zero-order valence-electron chi connectivity index (χ0n) is 5.16. The summed E-state index contributed by atoms with van der Waals surface area (Å²) in [5.74, 6) is -1.31. The van der Waals surface area contributed by atoms with Gasteiger partial charge >= 0.3 is 5.97 Å². The highest BCUT2D eigenvalue weighted by molar-refractivity contribution is 7.92. The number of carbonyl (C=O) groups is 1. The van der Waals surface area contributed by atoms with Crippen molar-refractivity contribution in [3.8, 4) is 0 Å². The van der Waals surface area contributed by atoms with Crippen molar-refractivity contribution in [3.05, 3.63) is 0 Å². The van der Waals surface area contributed by atoms with Gasteiger partial charge in [-0.15, -0.1) is 0 Å². The van der Waals surface area contributed by atoms with E-state index in [1.165, 1.54) is 0 Å². The number of carboxylic acids is 1. The van der Waals surface area contributed by atoms with Gasteiger partial charge in [-0.1, -0.05) is 0 Å². The summed E-state index contributed by atoms with van der Waals surface area (Å²) in [7, 11) is -3.40. The lowest BCUT2D eigenvalue weighted by molar-refractivity contribution is -0.136. The molecule has 0 unspecified atom stereocenters. The van der Waals surface area contributed by atoms with Crippen LogP contribution < -0.4 is 0 Å². The van der Waals surface area contributed by atoms with Gasteiger partial charge < -0.3 is 5.11 Å². The highest BCUT2D eigenvalue weighted by Crippen LogP contribution is 1.95. The van der Waals surface area contributed by atoms with Crippen molar-refractivity contribution < 1.29 is 18.3 Å². The monoisotopic (exact) mass is 152 g/mol. The maximum Gasteiger partial charge on any atom is 0.321 e. The lowest BCUT2D eigenvalue weighted by atomic mass is 10.5. The molecule has 0 bridgehead atoms. The SMILES string of the molecule is C[C@@H](C(=O)O)S(C)(=O)=O. The molecule has 0 aliphatic heterocycles. The van der Waals surface area contributed by atoms with E-state index in [-0.39, 0.29) is 0 Å². The van der Waals surface area contributed by atoms with Crippen molar-refractivity contribution in [2.45, 2.75) is 12.2 Å². The molecule has 9 heavy (non-hydrogen) atoms. The lowest BCUT2D eigenvalue weighted by Crippen LogP contribution is -2.25. The van der Waals surface area contributed by atoms with Crippen LogP contribution in [0, 0.1) is 0 Å². The van der Waals surface area contributed by atoms with E-state index in [2.05, 4.69) is 0 Å². The van der Waals surface area contributed by atoms with Crippen LogP contribution >= 0.6 is 0 Å². The number of sulfone groups is 1. The molecule has 0 heterocycles. The Bertz CT molecular complexity index is 203. The first-order valence-electron chi connectivity index (χ1n) is 2.27. The number of rotatable bonds is 2. The molecule has 0 aromatic heterocycles. The molecule has 0 saturated carbocycles. The van der Waals surface area contributed by atoms with E-state index in [1.807, 2.05) is 0 Å². The zero-order chi connectivity index (χ0) is 7.65. The Morgan fingerprint density at radius 3 is 1.89 bits per heavy atom. The maximum absolute atomic E-state index is 10.4. The number of aliphatic carboxylic acids is 1. The Morgan fingerprint density at radius 1 is 1.56 bits per heavy atom. The number of carboxylic acid groups (broad SMARTS) is 1. The first-order chi connectivity index (χ1) is 3.85. The Kier molecular flexibility index (Phi) is 2.19. The second kappa shape index (κ2) is 2.34. The topological polar surface area (TPSA) is 71.4 Å². The molecular formula is C4H8O4S. The second-order valence-corrected chi connectivity index (χ2v) is 4.18. The Hall–Kier alpha value is -0.580. The molecule has 5 heteroatoms. The van der Waals surface area contributed by atoms with E-state index in [1.54, 1.807) is 0 Å². The highest BCUT2D eigenvalue weighted by Gasteiger charge is 2.21. The van der Waals surface area contributed by atoms with Crippen molar-refractivity contribution in [3.63, 3.8) is 0 Å². The summed E-state index contributed by atoms with van der Waals surface area (Å²) in [6, 6.07) is 0. The largest absolute Gasteiger partial charge is 0.480 e. The van der Waals surface area contributed by atoms with E-state index in [9.17, 15) is 13.2 Å². The van der Waals surface area contributed by atoms with Crippen molar-refractivity contribution in [2.75, 3.05) is 6.26 Å².